The summed E-state index contributed by atoms with van der Waals surface area (Å²) in [7, 11) is 0. The van der Waals surface area contributed by atoms with E-state index in [0.29, 0.717) is 18.1 Å². The third kappa shape index (κ3) is 5.09. The zero-order chi connectivity index (χ0) is 17.2. The van der Waals surface area contributed by atoms with Crippen LogP contribution in [0.3, 0.4) is 0 Å². The number of ether oxygens (including phenoxy) is 1. The lowest BCUT2D eigenvalue weighted by Crippen LogP contribution is -2.51. The summed E-state index contributed by atoms with van der Waals surface area (Å²) >= 11 is 0. The molecule has 0 bridgehead atoms. The monoisotopic (exact) mass is 337 g/mol. The highest BCUT2D eigenvalue weighted by Crippen LogP contribution is 2.33. The first-order chi connectivity index (χ1) is 11.4. The largest absolute Gasteiger partial charge is 0.444 e. The van der Waals surface area contributed by atoms with E-state index in [1.165, 1.54) is 51.5 Å². The first-order valence-corrected chi connectivity index (χ1v) is 9.91. The Kier molecular flexibility index (Phi) is 5.70. The Morgan fingerprint density at radius 2 is 1.75 bits per heavy atom. The fourth-order valence-corrected chi connectivity index (χ4v) is 4.36. The maximum absolute atomic E-state index is 11.9. The van der Waals surface area contributed by atoms with Crippen LogP contribution < -0.4 is 16.0 Å². The van der Waals surface area contributed by atoms with Crippen LogP contribution in [0.2, 0.25) is 0 Å². The van der Waals surface area contributed by atoms with Gasteiger partial charge in [0.1, 0.15) is 5.60 Å². The molecule has 5 unspecified atom stereocenters. The summed E-state index contributed by atoms with van der Waals surface area (Å²) in [6, 6.07) is 1.95. The smallest absolute Gasteiger partial charge is 0.407 e. The highest BCUT2D eigenvalue weighted by Gasteiger charge is 2.43. The molecule has 1 aliphatic heterocycles. The van der Waals surface area contributed by atoms with E-state index in [1.807, 2.05) is 20.8 Å². The van der Waals surface area contributed by atoms with Crippen LogP contribution in [0, 0.1) is 5.92 Å². The van der Waals surface area contributed by atoms with Gasteiger partial charge in [0, 0.05) is 24.2 Å². The Hall–Kier alpha value is -0.810. The molecule has 0 aromatic rings. The van der Waals surface area contributed by atoms with Crippen molar-refractivity contribution in [3.63, 3.8) is 0 Å². The van der Waals surface area contributed by atoms with E-state index < -0.39 is 5.60 Å². The molecule has 0 radical (unpaired) electrons. The number of alkyl carbamates (subject to hydrolysis) is 1. The van der Waals surface area contributed by atoms with Gasteiger partial charge < -0.3 is 20.7 Å². The van der Waals surface area contributed by atoms with Crippen LogP contribution in [0.25, 0.3) is 0 Å². The van der Waals surface area contributed by atoms with Crippen molar-refractivity contribution in [2.75, 3.05) is 6.54 Å². The lowest BCUT2D eigenvalue weighted by molar-refractivity contribution is 0.0521. The van der Waals surface area contributed by atoms with Gasteiger partial charge in [0.05, 0.1) is 0 Å². The van der Waals surface area contributed by atoms with Crippen LogP contribution in [0.4, 0.5) is 4.79 Å². The molecular formula is C19H35N3O2. The molecule has 3 aliphatic rings. The second-order valence-electron chi connectivity index (χ2n) is 8.87. The average molecular weight is 338 g/mol. The summed E-state index contributed by atoms with van der Waals surface area (Å²) in [5.41, 5.74) is -0.428. The van der Waals surface area contributed by atoms with Gasteiger partial charge in [-0.05, 0) is 65.3 Å². The second-order valence-corrected chi connectivity index (χ2v) is 8.87. The molecule has 0 spiro atoms. The van der Waals surface area contributed by atoms with E-state index >= 15 is 0 Å². The first kappa shape index (κ1) is 18.0. The summed E-state index contributed by atoms with van der Waals surface area (Å²) in [5.74, 6) is 0.752. The van der Waals surface area contributed by atoms with Crippen molar-refractivity contribution in [3.8, 4) is 0 Å². The van der Waals surface area contributed by atoms with E-state index in [0.717, 1.165) is 12.3 Å². The fraction of sp³-hybridized carbons (Fsp3) is 0.947. The zero-order valence-corrected chi connectivity index (χ0v) is 15.6. The summed E-state index contributed by atoms with van der Waals surface area (Å²) in [4.78, 5) is 11.9. The molecule has 0 aromatic carbocycles. The molecule has 1 amide bonds. The molecule has 2 aliphatic carbocycles. The molecule has 3 fully saturated rings. The maximum Gasteiger partial charge on any atom is 0.407 e. The minimum absolute atomic E-state index is 0.238. The minimum atomic E-state index is -0.428. The predicted molar refractivity (Wildman–Crippen MR) is 96.1 cm³/mol. The molecule has 24 heavy (non-hydrogen) atoms. The number of carbonyl (C=O) groups is 1. The molecule has 5 nitrogen and oxygen atoms in total. The van der Waals surface area contributed by atoms with Crippen molar-refractivity contribution in [2.45, 2.75) is 102 Å². The molecule has 138 valence electrons. The van der Waals surface area contributed by atoms with Gasteiger partial charge >= 0.3 is 6.09 Å². The Morgan fingerprint density at radius 1 is 1.00 bits per heavy atom. The van der Waals surface area contributed by atoms with Crippen molar-refractivity contribution in [1.82, 2.24) is 16.0 Å². The average Bonchev–Trinajstić information content (AvgIpc) is 3.24. The highest BCUT2D eigenvalue weighted by atomic mass is 16.6. The Labute approximate surface area is 146 Å². The van der Waals surface area contributed by atoms with Crippen LogP contribution in [0.5, 0.6) is 0 Å². The molecule has 3 N–H and O–H groups in total. The Morgan fingerprint density at radius 3 is 2.46 bits per heavy atom. The lowest BCUT2D eigenvalue weighted by atomic mass is 9.77. The van der Waals surface area contributed by atoms with Crippen LogP contribution in [-0.2, 0) is 4.74 Å². The fourth-order valence-electron chi connectivity index (χ4n) is 4.36. The van der Waals surface area contributed by atoms with Crippen molar-refractivity contribution < 1.29 is 9.53 Å². The van der Waals surface area contributed by atoms with Gasteiger partial charge in [-0.25, -0.2) is 4.79 Å². The third-order valence-corrected chi connectivity index (χ3v) is 5.61. The lowest BCUT2D eigenvalue weighted by Gasteiger charge is -2.40. The molecule has 5 atom stereocenters. The van der Waals surface area contributed by atoms with Gasteiger partial charge in [-0.1, -0.05) is 19.3 Å². The van der Waals surface area contributed by atoms with Crippen molar-refractivity contribution in [1.29, 1.82) is 0 Å². The Bertz CT molecular complexity index is 429. The molecule has 0 aromatic heterocycles. The number of hydrogen-bond acceptors (Lipinski definition) is 4. The summed E-state index contributed by atoms with van der Waals surface area (Å²) < 4.78 is 5.36. The quantitative estimate of drug-likeness (QED) is 0.738. The van der Waals surface area contributed by atoms with E-state index in [2.05, 4.69) is 16.0 Å². The third-order valence-electron chi connectivity index (χ3n) is 5.61. The highest BCUT2D eigenvalue weighted by molar-refractivity contribution is 5.68. The number of piperidine rings is 1. The van der Waals surface area contributed by atoms with Crippen molar-refractivity contribution in [3.05, 3.63) is 0 Å². The van der Waals surface area contributed by atoms with Crippen molar-refractivity contribution >= 4 is 6.09 Å². The van der Waals surface area contributed by atoms with E-state index in [-0.39, 0.29) is 12.1 Å². The number of hydrogen-bond donors (Lipinski definition) is 3. The molecule has 2 saturated carbocycles. The maximum atomic E-state index is 11.9. The molecular weight excluding hydrogens is 302 g/mol. The molecule has 3 rings (SSSR count). The summed E-state index contributed by atoms with van der Waals surface area (Å²) in [6.45, 7) is 6.89. The first-order valence-electron chi connectivity index (χ1n) is 9.91. The van der Waals surface area contributed by atoms with Crippen LogP contribution in [0.1, 0.15) is 72.1 Å². The van der Waals surface area contributed by atoms with E-state index in [1.54, 1.807) is 0 Å². The van der Waals surface area contributed by atoms with Gasteiger partial charge in [0.25, 0.3) is 0 Å². The topological polar surface area (TPSA) is 62.4 Å². The standard InChI is InChI=1S/C19H35N3O2/c1-19(2,3)24-18(23)22-17-12-16(17)21-15-10-5-4-8-13(15)14-9-6-7-11-20-14/h13-17,20-21H,4-12H2,1-3H3,(H,22,23). The van der Waals surface area contributed by atoms with Gasteiger partial charge in [0.15, 0.2) is 0 Å². The van der Waals surface area contributed by atoms with Crippen LogP contribution in [-0.4, -0.2) is 42.4 Å². The zero-order valence-electron chi connectivity index (χ0n) is 15.6. The predicted octanol–water partition coefficient (Wildman–Crippen LogP) is 2.94. The van der Waals surface area contributed by atoms with E-state index in [9.17, 15) is 4.79 Å². The SMILES string of the molecule is CC(C)(C)OC(=O)NC1CC1NC1CCCCC1C1CCCCN1. The van der Waals surface area contributed by atoms with Crippen LogP contribution >= 0.6 is 0 Å². The van der Waals surface area contributed by atoms with Crippen molar-refractivity contribution in [2.24, 2.45) is 5.92 Å². The number of nitrogens with one attached hydrogen (secondary N) is 3. The molecule has 1 heterocycles. The molecule has 5 heteroatoms. The van der Waals surface area contributed by atoms with Gasteiger partial charge in [-0.2, -0.15) is 0 Å². The number of rotatable bonds is 4. The summed E-state index contributed by atoms with van der Waals surface area (Å²) in [6.07, 6.45) is 10.1. The number of amides is 1. The van der Waals surface area contributed by atoms with E-state index in [4.69, 9.17) is 4.74 Å². The minimum Gasteiger partial charge on any atom is -0.444 e. The van der Waals surface area contributed by atoms with Gasteiger partial charge in [-0.15, -0.1) is 0 Å². The second kappa shape index (κ2) is 7.61. The summed E-state index contributed by atoms with van der Waals surface area (Å²) in [5, 5.41) is 10.6. The Balaban J connectivity index is 1.45. The van der Waals surface area contributed by atoms with Crippen LogP contribution in [0.15, 0.2) is 0 Å². The molecule has 1 saturated heterocycles. The van der Waals surface area contributed by atoms with Gasteiger partial charge in [-0.3, -0.25) is 0 Å². The normalized spacial score (nSPS) is 36.9. The number of carbonyl (C=O) groups excluding carboxylic acids is 1. The van der Waals surface area contributed by atoms with Gasteiger partial charge in [0.2, 0.25) is 0 Å².